The zero-order chi connectivity index (χ0) is 12.9. The summed E-state index contributed by atoms with van der Waals surface area (Å²) in [4.78, 5) is 0. The van der Waals surface area contributed by atoms with Crippen molar-refractivity contribution in [2.75, 3.05) is 11.9 Å². The summed E-state index contributed by atoms with van der Waals surface area (Å²) in [5, 5.41) is 3.62. The van der Waals surface area contributed by atoms with Gasteiger partial charge in [0, 0.05) is 12.2 Å². The van der Waals surface area contributed by atoms with Gasteiger partial charge in [0.15, 0.2) is 0 Å². The predicted molar refractivity (Wildman–Crippen MR) is 78.0 cm³/mol. The molecular formula is C17H25N. The highest BCUT2D eigenvalue weighted by Crippen LogP contribution is 2.52. The van der Waals surface area contributed by atoms with Crippen molar-refractivity contribution in [3.63, 3.8) is 0 Å². The summed E-state index contributed by atoms with van der Waals surface area (Å²) in [6.07, 6.45) is 1.20. The third-order valence-corrected chi connectivity index (χ3v) is 5.86. The molecular weight excluding hydrogens is 218 g/mol. The van der Waals surface area contributed by atoms with Crippen LogP contribution >= 0.6 is 0 Å². The summed E-state index contributed by atoms with van der Waals surface area (Å²) in [5.74, 6) is 3.99. The van der Waals surface area contributed by atoms with Gasteiger partial charge < -0.3 is 5.32 Å². The number of anilines is 1. The number of rotatable bonds is 1. The first-order valence-corrected chi connectivity index (χ1v) is 7.47. The van der Waals surface area contributed by atoms with E-state index in [-0.39, 0.29) is 0 Å². The summed E-state index contributed by atoms with van der Waals surface area (Å²) >= 11 is 0. The van der Waals surface area contributed by atoms with Crippen molar-refractivity contribution in [2.45, 2.75) is 40.0 Å². The Labute approximate surface area is 111 Å². The molecule has 3 rings (SSSR count). The molecule has 1 aliphatic carbocycles. The minimum absolute atomic E-state index is 0.732. The van der Waals surface area contributed by atoms with Gasteiger partial charge in [0.1, 0.15) is 0 Å². The number of para-hydroxylation sites is 1. The molecule has 0 radical (unpaired) electrons. The molecule has 1 saturated carbocycles. The summed E-state index contributed by atoms with van der Waals surface area (Å²) in [6.45, 7) is 10.9. The van der Waals surface area contributed by atoms with Crippen LogP contribution in [0.25, 0.3) is 0 Å². The second kappa shape index (κ2) is 4.29. The van der Waals surface area contributed by atoms with Crippen LogP contribution in [0.1, 0.15) is 44.7 Å². The smallest absolute Gasteiger partial charge is 0.0409 e. The van der Waals surface area contributed by atoms with Crippen molar-refractivity contribution in [1.29, 1.82) is 0 Å². The van der Waals surface area contributed by atoms with E-state index in [1.807, 2.05) is 0 Å². The van der Waals surface area contributed by atoms with Crippen LogP contribution in [0, 0.1) is 23.7 Å². The van der Waals surface area contributed by atoms with E-state index in [1.54, 1.807) is 5.56 Å². The Morgan fingerprint density at radius 3 is 2.28 bits per heavy atom. The first-order chi connectivity index (χ1) is 8.61. The maximum atomic E-state index is 3.62. The highest BCUT2D eigenvalue weighted by molar-refractivity contribution is 5.62. The molecule has 0 bridgehead atoms. The maximum absolute atomic E-state index is 3.62. The van der Waals surface area contributed by atoms with E-state index in [2.05, 4.69) is 51.2 Å². The molecule has 1 aliphatic heterocycles. The van der Waals surface area contributed by atoms with Crippen LogP contribution in [0.3, 0.4) is 0 Å². The highest BCUT2D eigenvalue weighted by Gasteiger charge is 2.43. The van der Waals surface area contributed by atoms with Crippen molar-refractivity contribution < 1.29 is 0 Å². The standard InChI is InChI=1S/C17H25N/c1-10-11(2)13(4)16(12(10)3)15-7-5-6-14-8-9-18-17(14)15/h5-7,10-13,16,18H,8-9H2,1-4H3. The average Bonchev–Trinajstić information content (AvgIpc) is 2.91. The molecule has 98 valence electrons. The van der Waals surface area contributed by atoms with Crippen LogP contribution in [0.2, 0.25) is 0 Å². The largest absolute Gasteiger partial charge is 0.384 e. The Hall–Kier alpha value is -0.980. The molecule has 1 nitrogen and oxygen atoms in total. The average molecular weight is 243 g/mol. The fraction of sp³-hybridized carbons (Fsp3) is 0.647. The van der Waals surface area contributed by atoms with E-state index in [0.717, 1.165) is 36.1 Å². The summed E-state index contributed by atoms with van der Waals surface area (Å²) in [6, 6.07) is 6.91. The molecule has 18 heavy (non-hydrogen) atoms. The molecule has 1 aromatic carbocycles. The molecule has 2 aliphatic rings. The van der Waals surface area contributed by atoms with Crippen LogP contribution in [0.4, 0.5) is 5.69 Å². The second-order valence-corrected chi connectivity index (χ2v) is 6.52. The Morgan fingerprint density at radius 2 is 1.61 bits per heavy atom. The van der Waals surface area contributed by atoms with Gasteiger partial charge >= 0.3 is 0 Å². The number of fused-ring (bicyclic) bond motifs is 1. The number of benzene rings is 1. The highest BCUT2D eigenvalue weighted by atomic mass is 14.9. The molecule has 0 amide bonds. The van der Waals surface area contributed by atoms with Crippen LogP contribution < -0.4 is 5.32 Å². The van der Waals surface area contributed by atoms with E-state index < -0.39 is 0 Å². The first kappa shape index (κ1) is 12.1. The zero-order valence-corrected chi connectivity index (χ0v) is 12.0. The first-order valence-electron chi connectivity index (χ1n) is 7.47. The van der Waals surface area contributed by atoms with Crippen molar-refractivity contribution in [1.82, 2.24) is 0 Å². The third kappa shape index (κ3) is 1.60. The summed E-state index contributed by atoms with van der Waals surface area (Å²) < 4.78 is 0. The van der Waals surface area contributed by atoms with E-state index in [1.165, 1.54) is 17.7 Å². The van der Waals surface area contributed by atoms with Crippen molar-refractivity contribution in [3.05, 3.63) is 29.3 Å². The minimum Gasteiger partial charge on any atom is -0.384 e. The third-order valence-electron chi connectivity index (χ3n) is 5.86. The minimum atomic E-state index is 0.732. The lowest BCUT2D eigenvalue weighted by Gasteiger charge is -2.24. The number of hydrogen-bond acceptors (Lipinski definition) is 1. The lowest BCUT2D eigenvalue weighted by molar-refractivity contribution is 0.352. The van der Waals surface area contributed by atoms with Gasteiger partial charge in [0.2, 0.25) is 0 Å². The van der Waals surface area contributed by atoms with Gasteiger partial charge in [-0.15, -0.1) is 0 Å². The van der Waals surface area contributed by atoms with E-state index >= 15 is 0 Å². The fourth-order valence-corrected chi connectivity index (χ4v) is 4.30. The summed E-state index contributed by atoms with van der Waals surface area (Å²) in [5.41, 5.74) is 4.57. The van der Waals surface area contributed by atoms with Crippen LogP contribution in [-0.2, 0) is 6.42 Å². The molecule has 1 aromatic rings. The Morgan fingerprint density at radius 1 is 0.944 bits per heavy atom. The molecule has 4 atom stereocenters. The van der Waals surface area contributed by atoms with Gasteiger partial charge in [-0.05, 0) is 47.1 Å². The van der Waals surface area contributed by atoms with Crippen molar-refractivity contribution >= 4 is 5.69 Å². The van der Waals surface area contributed by atoms with Crippen molar-refractivity contribution in [3.8, 4) is 0 Å². The maximum Gasteiger partial charge on any atom is 0.0409 e. The Balaban J connectivity index is 2.03. The van der Waals surface area contributed by atoms with E-state index in [9.17, 15) is 0 Å². The lowest BCUT2D eigenvalue weighted by Crippen LogP contribution is -2.12. The normalized spacial score (nSPS) is 38.6. The Kier molecular flexibility index (Phi) is 2.88. The molecule has 4 unspecified atom stereocenters. The Bertz CT molecular complexity index is 437. The number of hydrogen-bond donors (Lipinski definition) is 1. The van der Waals surface area contributed by atoms with Crippen LogP contribution in [-0.4, -0.2) is 6.54 Å². The SMILES string of the molecule is CC1C(C)C(C)C(c2cccc3c2NCC3)C1C. The molecule has 1 heterocycles. The fourth-order valence-electron chi connectivity index (χ4n) is 4.30. The van der Waals surface area contributed by atoms with Gasteiger partial charge in [0.25, 0.3) is 0 Å². The molecule has 1 fully saturated rings. The van der Waals surface area contributed by atoms with Gasteiger partial charge in [0.05, 0.1) is 0 Å². The lowest BCUT2D eigenvalue weighted by atomic mass is 9.82. The van der Waals surface area contributed by atoms with E-state index in [0.29, 0.717) is 0 Å². The van der Waals surface area contributed by atoms with Gasteiger partial charge in [-0.25, -0.2) is 0 Å². The quantitative estimate of drug-likeness (QED) is 0.775. The van der Waals surface area contributed by atoms with Crippen LogP contribution in [0.15, 0.2) is 18.2 Å². The topological polar surface area (TPSA) is 12.0 Å². The predicted octanol–water partition coefficient (Wildman–Crippen LogP) is 4.30. The second-order valence-electron chi connectivity index (χ2n) is 6.52. The van der Waals surface area contributed by atoms with Crippen LogP contribution in [0.5, 0.6) is 0 Å². The number of nitrogens with one attached hydrogen (secondary N) is 1. The molecule has 1 heteroatoms. The molecule has 0 spiro atoms. The van der Waals surface area contributed by atoms with Crippen molar-refractivity contribution in [2.24, 2.45) is 23.7 Å². The molecule has 1 N–H and O–H groups in total. The van der Waals surface area contributed by atoms with Gasteiger partial charge in [-0.2, -0.15) is 0 Å². The molecule has 0 aromatic heterocycles. The van der Waals surface area contributed by atoms with Gasteiger partial charge in [-0.1, -0.05) is 45.9 Å². The van der Waals surface area contributed by atoms with E-state index in [4.69, 9.17) is 0 Å². The monoisotopic (exact) mass is 243 g/mol. The van der Waals surface area contributed by atoms with Gasteiger partial charge in [-0.3, -0.25) is 0 Å². The molecule has 0 saturated heterocycles. The zero-order valence-electron chi connectivity index (χ0n) is 12.0. The summed E-state index contributed by atoms with van der Waals surface area (Å²) in [7, 11) is 0.